The summed E-state index contributed by atoms with van der Waals surface area (Å²) < 4.78 is 17.8. The minimum absolute atomic E-state index is 0.0857. The van der Waals surface area contributed by atoms with Crippen LogP contribution in [0.1, 0.15) is 55.4 Å². The number of alkyl halides is 1. The van der Waals surface area contributed by atoms with E-state index in [4.69, 9.17) is 25.5 Å². The van der Waals surface area contributed by atoms with Gasteiger partial charge in [-0.05, 0) is 83.2 Å². The molecule has 4 aromatic carbocycles. The van der Waals surface area contributed by atoms with Crippen molar-refractivity contribution < 1.29 is 19.0 Å². The van der Waals surface area contributed by atoms with E-state index in [0.717, 1.165) is 39.5 Å². The van der Waals surface area contributed by atoms with Gasteiger partial charge in [-0.15, -0.1) is 11.6 Å². The van der Waals surface area contributed by atoms with Gasteiger partial charge in [0, 0.05) is 11.8 Å². The standard InChI is InChI=1S/C36H43ClO4Si/c1-35(2,3)42(5,6)41-33-22-16-30(17-23-33)36(38,34(24-25-37)28-10-8-7-9-11-28)29-14-20-32(21-15-29)40-26-27-12-18-31(39-4)19-13-27/h7-23,34,38H,24-26H2,1-6H3. The third-order valence-corrected chi connectivity index (χ3v) is 13.0. The van der Waals surface area contributed by atoms with Crippen LogP contribution in [-0.2, 0) is 12.2 Å². The predicted octanol–water partition coefficient (Wildman–Crippen LogP) is 9.31. The molecule has 4 nitrogen and oxygen atoms in total. The molecule has 0 aliphatic carbocycles. The topological polar surface area (TPSA) is 47.9 Å². The van der Waals surface area contributed by atoms with Gasteiger partial charge in [0.2, 0.25) is 8.32 Å². The number of hydrogen-bond donors (Lipinski definition) is 1. The zero-order chi connectivity index (χ0) is 30.4. The van der Waals surface area contributed by atoms with E-state index in [1.807, 2.05) is 91.0 Å². The fourth-order valence-electron chi connectivity index (χ4n) is 4.90. The number of hydrogen-bond acceptors (Lipinski definition) is 4. The molecule has 0 fully saturated rings. The van der Waals surface area contributed by atoms with Crippen LogP contribution >= 0.6 is 11.6 Å². The Morgan fingerprint density at radius 3 is 1.76 bits per heavy atom. The Labute approximate surface area is 257 Å². The van der Waals surface area contributed by atoms with Gasteiger partial charge in [-0.3, -0.25) is 0 Å². The summed E-state index contributed by atoms with van der Waals surface area (Å²) in [6.45, 7) is 11.6. The summed E-state index contributed by atoms with van der Waals surface area (Å²) >= 11 is 6.36. The largest absolute Gasteiger partial charge is 0.544 e. The smallest absolute Gasteiger partial charge is 0.250 e. The van der Waals surface area contributed by atoms with Gasteiger partial charge in [0.15, 0.2) is 0 Å². The molecule has 42 heavy (non-hydrogen) atoms. The molecule has 0 aromatic heterocycles. The fraction of sp³-hybridized carbons (Fsp3) is 0.333. The second-order valence-electron chi connectivity index (χ2n) is 12.3. The monoisotopic (exact) mass is 602 g/mol. The molecule has 0 saturated heterocycles. The van der Waals surface area contributed by atoms with Gasteiger partial charge < -0.3 is 19.0 Å². The molecule has 0 spiro atoms. The van der Waals surface area contributed by atoms with Crippen molar-refractivity contribution in [1.29, 1.82) is 0 Å². The first kappa shape index (κ1) is 31.7. The van der Waals surface area contributed by atoms with Crippen LogP contribution in [0.4, 0.5) is 0 Å². The molecule has 1 N–H and O–H groups in total. The van der Waals surface area contributed by atoms with Crippen molar-refractivity contribution in [2.75, 3.05) is 13.0 Å². The van der Waals surface area contributed by atoms with Gasteiger partial charge in [0.05, 0.1) is 7.11 Å². The van der Waals surface area contributed by atoms with Gasteiger partial charge in [0.25, 0.3) is 0 Å². The Hall–Kier alpha value is -3.25. The first-order valence-corrected chi connectivity index (χ1v) is 17.9. The van der Waals surface area contributed by atoms with Crippen molar-refractivity contribution in [1.82, 2.24) is 0 Å². The molecule has 4 aromatic rings. The zero-order valence-electron chi connectivity index (χ0n) is 25.6. The molecule has 2 atom stereocenters. The minimum Gasteiger partial charge on any atom is -0.544 e. The molecule has 0 radical (unpaired) electrons. The first-order valence-electron chi connectivity index (χ1n) is 14.5. The molecular weight excluding hydrogens is 560 g/mol. The van der Waals surface area contributed by atoms with E-state index in [-0.39, 0.29) is 11.0 Å². The normalized spacial score (nSPS) is 14.1. The van der Waals surface area contributed by atoms with E-state index >= 15 is 0 Å². The predicted molar refractivity (Wildman–Crippen MR) is 176 cm³/mol. The SMILES string of the molecule is COc1ccc(COc2ccc(C(O)(c3ccc(O[Si](C)(C)C(C)(C)C)cc3)C(CCCl)c3ccccc3)cc2)cc1. The summed E-state index contributed by atoms with van der Waals surface area (Å²) in [6.07, 6.45) is 0.597. The molecule has 0 amide bonds. The number of aliphatic hydroxyl groups is 1. The minimum atomic E-state index is -2.00. The van der Waals surface area contributed by atoms with Gasteiger partial charge in [-0.25, -0.2) is 0 Å². The average molecular weight is 603 g/mol. The maximum atomic E-state index is 12.8. The van der Waals surface area contributed by atoms with Crippen LogP contribution in [0.15, 0.2) is 103 Å². The summed E-state index contributed by atoms with van der Waals surface area (Å²) in [5, 5.41) is 12.8. The van der Waals surface area contributed by atoms with Crippen LogP contribution in [0.5, 0.6) is 17.2 Å². The molecule has 0 saturated carbocycles. The lowest BCUT2D eigenvalue weighted by atomic mass is 9.72. The lowest BCUT2D eigenvalue weighted by Crippen LogP contribution is -2.43. The van der Waals surface area contributed by atoms with Gasteiger partial charge >= 0.3 is 0 Å². The zero-order valence-corrected chi connectivity index (χ0v) is 27.3. The van der Waals surface area contributed by atoms with Crippen molar-refractivity contribution in [3.05, 3.63) is 125 Å². The van der Waals surface area contributed by atoms with Crippen LogP contribution in [0.2, 0.25) is 18.1 Å². The Balaban J connectivity index is 1.67. The van der Waals surface area contributed by atoms with E-state index in [9.17, 15) is 5.11 Å². The second kappa shape index (κ2) is 13.4. The van der Waals surface area contributed by atoms with Gasteiger partial charge in [0.1, 0.15) is 29.5 Å². The highest BCUT2D eigenvalue weighted by Gasteiger charge is 2.42. The Bertz CT molecular complexity index is 1400. The Kier molecular flexibility index (Phi) is 10.1. The van der Waals surface area contributed by atoms with Gasteiger partial charge in [-0.2, -0.15) is 0 Å². The molecule has 0 aliphatic heterocycles. The molecular formula is C36H43ClO4Si. The van der Waals surface area contributed by atoms with Gasteiger partial charge in [-0.1, -0.05) is 87.5 Å². The number of methoxy groups -OCH3 is 1. The fourth-order valence-corrected chi connectivity index (χ4v) is 6.15. The van der Waals surface area contributed by atoms with Crippen LogP contribution in [0.3, 0.4) is 0 Å². The van der Waals surface area contributed by atoms with Crippen molar-refractivity contribution in [3.8, 4) is 17.2 Å². The average Bonchev–Trinajstić information content (AvgIpc) is 2.99. The molecule has 222 valence electrons. The van der Waals surface area contributed by atoms with Crippen molar-refractivity contribution in [2.45, 2.75) is 63.5 Å². The quantitative estimate of drug-likeness (QED) is 0.130. The number of rotatable bonds is 12. The van der Waals surface area contributed by atoms with Crippen LogP contribution in [0, 0.1) is 0 Å². The lowest BCUT2D eigenvalue weighted by molar-refractivity contribution is 0.0478. The third-order valence-electron chi connectivity index (χ3n) is 8.44. The number of halogens is 1. The van der Waals surface area contributed by atoms with Crippen molar-refractivity contribution in [3.63, 3.8) is 0 Å². The molecule has 0 bridgehead atoms. The van der Waals surface area contributed by atoms with Crippen LogP contribution < -0.4 is 13.9 Å². The summed E-state index contributed by atoms with van der Waals surface area (Å²) in [4.78, 5) is 0. The van der Waals surface area contributed by atoms with Crippen molar-refractivity contribution in [2.24, 2.45) is 0 Å². The van der Waals surface area contributed by atoms with Crippen LogP contribution in [-0.4, -0.2) is 26.4 Å². The van der Waals surface area contributed by atoms with E-state index in [2.05, 4.69) is 46.0 Å². The van der Waals surface area contributed by atoms with Crippen LogP contribution in [0.25, 0.3) is 0 Å². The summed E-state index contributed by atoms with van der Waals surface area (Å²) in [5.74, 6) is 2.51. The molecule has 2 unspecified atom stereocenters. The highest BCUT2D eigenvalue weighted by atomic mass is 35.5. The summed E-state index contributed by atoms with van der Waals surface area (Å²) in [6, 6.07) is 33.6. The highest BCUT2D eigenvalue weighted by Crippen LogP contribution is 2.46. The molecule has 0 heterocycles. The summed E-state index contributed by atoms with van der Waals surface area (Å²) in [7, 11) is -0.350. The molecule has 6 heteroatoms. The maximum Gasteiger partial charge on any atom is 0.250 e. The van der Waals surface area contributed by atoms with E-state index in [0.29, 0.717) is 18.9 Å². The first-order chi connectivity index (χ1) is 20.0. The summed E-state index contributed by atoms with van der Waals surface area (Å²) in [5.41, 5.74) is 2.30. The number of ether oxygens (including phenoxy) is 2. The maximum absolute atomic E-state index is 12.8. The second-order valence-corrected chi connectivity index (χ2v) is 17.4. The molecule has 0 aliphatic rings. The van der Waals surface area contributed by atoms with E-state index < -0.39 is 13.9 Å². The van der Waals surface area contributed by atoms with E-state index in [1.54, 1.807) is 7.11 Å². The van der Waals surface area contributed by atoms with E-state index in [1.165, 1.54) is 0 Å². The Morgan fingerprint density at radius 1 is 0.738 bits per heavy atom. The lowest BCUT2D eigenvalue weighted by Gasteiger charge is -2.39. The third kappa shape index (κ3) is 7.20. The Morgan fingerprint density at radius 2 is 1.26 bits per heavy atom. The highest BCUT2D eigenvalue weighted by molar-refractivity contribution is 6.74. The molecule has 4 rings (SSSR count). The van der Waals surface area contributed by atoms with Crippen molar-refractivity contribution >= 4 is 19.9 Å². The number of benzene rings is 4.